The number of benzene rings is 1. The van der Waals surface area contributed by atoms with Crippen molar-refractivity contribution in [2.45, 2.75) is 13.3 Å². The predicted molar refractivity (Wildman–Crippen MR) is 57.1 cm³/mol. The Hall–Kier alpha value is -1.77. The van der Waals surface area contributed by atoms with Gasteiger partial charge >= 0.3 is 0 Å². The Morgan fingerprint density at radius 2 is 2.20 bits per heavy atom. The maximum absolute atomic E-state index is 9.34. The highest BCUT2D eigenvalue weighted by Crippen LogP contribution is 2.23. The number of aromatic nitrogens is 1. The van der Waals surface area contributed by atoms with Crippen LogP contribution >= 0.6 is 0 Å². The predicted octanol–water partition coefficient (Wildman–Crippen LogP) is 2.15. The van der Waals surface area contributed by atoms with Crippen LogP contribution in [-0.4, -0.2) is 11.8 Å². The number of ether oxygens (including phenoxy) is 1. The maximum Gasteiger partial charge on any atom is 0.233 e. The van der Waals surface area contributed by atoms with E-state index >= 15 is 0 Å². The summed E-state index contributed by atoms with van der Waals surface area (Å²) in [7, 11) is 0. The van der Waals surface area contributed by atoms with E-state index in [0.717, 1.165) is 27.7 Å². The number of hydrogen-bond acceptors (Lipinski definition) is 2. The van der Waals surface area contributed by atoms with Gasteiger partial charge in [-0.25, -0.2) is 0 Å². The van der Waals surface area contributed by atoms with Gasteiger partial charge in [0.2, 0.25) is 12.4 Å². The highest BCUT2D eigenvalue weighted by molar-refractivity contribution is 5.86. The molecule has 0 radical (unpaired) electrons. The van der Waals surface area contributed by atoms with Gasteiger partial charge in [0, 0.05) is 10.8 Å². The topological polar surface area (TPSA) is 33.3 Å². The summed E-state index contributed by atoms with van der Waals surface area (Å²) in [6.45, 7) is 2.76. The van der Waals surface area contributed by atoms with Gasteiger partial charge in [0.1, 0.15) is 5.75 Å². The van der Waals surface area contributed by atoms with Crippen molar-refractivity contribution in [1.29, 1.82) is 0 Å². The normalized spacial score (nSPS) is 10.5. The Balaban J connectivity index is 2.48. The zero-order valence-electron chi connectivity index (χ0n) is 8.68. The van der Waals surface area contributed by atoms with Crippen LogP contribution in [0.5, 0.6) is 5.75 Å². The van der Waals surface area contributed by atoms with Gasteiger partial charge in [-0.15, -0.1) is 0 Å². The van der Waals surface area contributed by atoms with Crippen LogP contribution in [0.3, 0.4) is 0 Å². The summed E-state index contributed by atoms with van der Waals surface area (Å²) in [5, 5.41) is 11.3. The Morgan fingerprint density at radius 3 is 3.00 bits per heavy atom. The van der Waals surface area contributed by atoms with Crippen molar-refractivity contribution in [3.05, 3.63) is 36.7 Å². The van der Waals surface area contributed by atoms with Crippen molar-refractivity contribution < 1.29 is 14.7 Å². The van der Waals surface area contributed by atoms with Crippen molar-refractivity contribution in [2.75, 3.05) is 6.61 Å². The fraction of sp³-hybridized carbons (Fsp3) is 0.250. The van der Waals surface area contributed by atoms with Gasteiger partial charge in [0.25, 0.3) is 0 Å². The van der Waals surface area contributed by atoms with E-state index in [1.54, 1.807) is 12.4 Å². The first-order valence-corrected chi connectivity index (χ1v) is 5.07. The first kappa shape index (κ1) is 9.77. The van der Waals surface area contributed by atoms with Crippen LogP contribution < -0.4 is 9.47 Å². The number of nitrogens with zero attached hydrogens (tertiary/aromatic N) is 1. The molecular weight excluding hydrogens is 190 g/mol. The molecule has 0 aliphatic rings. The lowest BCUT2D eigenvalue weighted by Gasteiger charge is -2.05. The van der Waals surface area contributed by atoms with Crippen LogP contribution in [0.25, 0.3) is 10.8 Å². The second-order valence-electron chi connectivity index (χ2n) is 3.43. The van der Waals surface area contributed by atoms with E-state index < -0.39 is 0 Å². The van der Waals surface area contributed by atoms with Crippen molar-refractivity contribution in [1.82, 2.24) is 0 Å². The van der Waals surface area contributed by atoms with E-state index in [2.05, 4.69) is 6.92 Å². The fourth-order valence-corrected chi connectivity index (χ4v) is 1.51. The maximum atomic E-state index is 9.34. The summed E-state index contributed by atoms with van der Waals surface area (Å²) in [6, 6.07) is 7.72. The number of fused-ring (bicyclic) bond motifs is 1. The second kappa shape index (κ2) is 4.17. The van der Waals surface area contributed by atoms with Gasteiger partial charge in [0.15, 0.2) is 0 Å². The Kier molecular flexibility index (Phi) is 2.72. The molecule has 1 aromatic heterocycles. The van der Waals surface area contributed by atoms with Crippen LogP contribution in [-0.2, 0) is 0 Å². The zero-order valence-corrected chi connectivity index (χ0v) is 8.68. The molecule has 0 atom stereocenters. The molecule has 1 aromatic carbocycles. The van der Waals surface area contributed by atoms with E-state index in [4.69, 9.17) is 4.74 Å². The van der Waals surface area contributed by atoms with Gasteiger partial charge in [-0.2, -0.15) is 0 Å². The fourth-order valence-electron chi connectivity index (χ4n) is 1.51. The summed E-state index contributed by atoms with van der Waals surface area (Å²) in [6.07, 6.45) is 4.23. The first-order valence-electron chi connectivity index (χ1n) is 5.07. The quantitative estimate of drug-likeness (QED) is 0.614. The van der Waals surface area contributed by atoms with Crippen LogP contribution in [0.15, 0.2) is 36.7 Å². The largest absolute Gasteiger partial charge is 0.493 e. The molecule has 3 heteroatoms. The van der Waals surface area contributed by atoms with Crippen LogP contribution in [0, 0.1) is 0 Å². The summed E-state index contributed by atoms with van der Waals surface area (Å²) in [4.78, 5) is 0. The lowest BCUT2D eigenvalue weighted by molar-refractivity contribution is -0.903. The van der Waals surface area contributed by atoms with Crippen molar-refractivity contribution in [3.63, 3.8) is 0 Å². The molecule has 1 heterocycles. The molecule has 3 nitrogen and oxygen atoms in total. The lowest BCUT2D eigenvalue weighted by atomic mass is 10.1. The molecule has 0 aliphatic heterocycles. The van der Waals surface area contributed by atoms with Gasteiger partial charge in [-0.05, 0) is 17.9 Å². The minimum Gasteiger partial charge on any atom is -0.493 e. The smallest absolute Gasteiger partial charge is 0.233 e. The third-order valence-corrected chi connectivity index (χ3v) is 2.23. The monoisotopic (exact) mass is 204 g/mol. The van der Waals surface area contributed by atoms with E-state index in [1.807, 2.05) is 24.3 Å². The number of rotatable bonds is 3. The third-order valence-electron chi connectivity index (χ3n) is 2.23. The standard InChI is InChI=1S/C12H14NO2/c1-2-8-15-12-5-3-4-10-6-7-13(14)9-11(10)12/h3-7,9,14H,2,8H2,1H3/q+1. The highest BCUT2D eigenvalue weighted by Gasteiger charge is 2.06. The molecule has 15 heavy (non-hydrogen) atoms. The molecule has 0 spiro atoms. The average molecular weight is 204 g/mol. The molecule has 78 valence electrons. The van der Waals surface area contributed by atoms with Crippen molar-refractivity contribution in [2.24, 2.45) is 0 Å². The van der Waals surface area contributed by atoms with E-state index in [-0.39, 0.29) is 0 Å². The molecule has 0 amide bonds. The molecule has 0 aliphatic carbocycles. The Labute approximate surface area is 88.5 Å². The molecule has 2 aromatic rings. The molecule has 0 unspecified atom stereocenters. The van der Waals surface area contributed by atoms with E-state index in [0.29, 0.717) is 6.61 Å². The molecule has 0 fully saturated rings. The molecule has 2 rings (SSSR count). The summed E-state index contributed by atoms with van der Waals surface area (Å²) in [5.41, 5.74) is 0. The molecule has 0 saturated carbocycles. The molecule has 0 bridgehead atoms. The average Bonchev–Trinajstić information content (AvgIpc) is 2.26. The van der Waals surface area contributed by atoms with E-state index in [9.17, 15) is 5.21 Å². The summed E-state index contributed by atoms with van der Waals surface area (Å²) >= 11 is 0. The number of hydrogen-bond donors (Lipinski definition) is 1. The Morgan fingerprint density at radius 1 is 1.33 bits per heavy atom. The third kappa shape index (κ3) is 2.01. The van der Waals surface area contributed by atoms with Crippen LogP contribution in [0.4, 0.5) is 0 Å². The minimum atomic E-state index is 0.694. The molecule has 1 N–H and O–H groups in total. The van der Waals surface area contributed by atoms with Gasteiger partial charge in [0.05, 0.1) is 12.0 Å². The van der Waals surface area contributed by atoms with Crippen molar-refractivity contribution >= 4 is 10.8 Å². The van der Waals surface area contributed by atoms with Gasteiger partial charge in [-0.1, -0.05) is 19.1 Å². The summed E-state index contributed by atoms with van der Waals surface area (Å²) < 4.78 is 6.64. The lowest BCUT2D eigenvalue weighted by Crippen LogP contribution is -2.28. The molecule has 0 saturated heterocycles. The second-order valence-corrected chi connectivity index (χ2v) is 3.43. The molecular formula is C12H14NO2+. The van der Waals surface area contributed by atoms with Crippen molar-refractivity contribution in [3.8, 4) is 5.75 Å². The highest BCUT2D eigenvalue weighted by atomic mass is 16.5. The minimum absolute atomic E-state index is 0.694. The Bertz CT molecular complexity index is 468. The van der Waals surface area contributed by atoms with E-state index in [1.165, 1.54) is 0 Å². The first-order chi connectivity index (χ1) is 7.31. The van der Waals surface area contributed by atoms with Crippen LogP contribution in [0.2, 0.25) is 0 Å². The zero-order chi connectivity index (χ0) is 10.7. The SMILES string of the molecule is CCCOc1cccc2cc[n+](O)cc12. The van der Waals surface area contributed by atoms with Crippen LogP contribution in [0.1, 0.15) is 13.3 Å². The van der Waals surface area contributed by atoms with Gasteiger partial charge in [-0.3, -0.25) is 5.21 Å². The summed E-state index contributed by atoms with van der Waals surface area (Å²) in [5.74, 6) is 0.817. The van der Waals surface area contributed by atoms with Gasteiger partial charge < -0.3 is 4.74 Å². The number of pyridine rings is 1.